The summed E-state index contributed by atoms with van der Waals surface area (Å²) in [5.41, 5.74) is 0. The smallest absolute Gasteiger partial charge is 0.462 e. The van der Waals surface area contributed by atoms with Crippen LogP contribution >= 0.6 is 15.6 Å². The van der Waals surface area contributed by atoms with Crippen LogP contribution in [0.25, 0.3) is 0 Å². The van der Waals surface area contributed by atoms with Gasteiger partial charge in [-0.2, -0.15) is 0 Å². The van der Waals surface area contributed by atoms with E-state index in [1.54, 1.807) is 6.08 Å². The van der Waals surface area contributed by atoms with Gasteiger partial charge in [-0.05, 0) is 103 Å². The van der Waals surface area contributed by atoms with Crippen molar-refractivity contribution in [2.45, 2.75) is 316 Å². The van der Waals surface area contributed by atoms with Crippen molar-refractivity contribution in [1.82, 2.24) is 0 Å². The number of ether oxygens (including phenoxy) is 4. The Labute approximate surface area is 557 Å². The summed E-state index contributed by atoms with van der Waals surface area (Å²) in [4.78, 5) is 72.5. The number of carbonyl (C=O) groups is 4. The minimum absolute atomic E-state index is 0.0683. The van der Waals surface area contributed by atoms with E-state index in [9.17, 15) is 43.2 Å². The first-order valence-corrected chi connectivity index (χ1v) is 38.8. The maximum Gasteiger partial charge on any atom is 0.472 e. The van der Waals surface area contributed by atoms with Crippen molar-refractivity contribution in [3.05, 3.63) is 85.1 Å². The van der Waals surface area contributed by atoms with Gasteiger partial charge in [-0.25, -0.2) is 9.13 Å². The Bertz CT molecular complexity index is 2090. The zero-order valence-electron chi connectivity index (χ0n) is 57.7. The molecule has 3 N–H and O–H groups in total. The third-order valence-corrected chi connectivity index (χ3v) is 16.8. The molecule has 0 saturated heterocycles. The Morgan fingerprint density at radius 1 is 0.326 bits per heavy atom. The molecule has 19 heteroatoms. The zero-order chi connectivity index (χ0) is 67.5. The van der Waals surface area contributed by atoms with Crippen LogP contribution in [0.15, 0.2) is 85.1 Å². The fraction of sp³-hybridized carbons (Fsp3) is 0.753. The van der Waals surface area contributed by atoms with Gasteiger partial charge >= 0.3 is 39.5 Å². The highest BCUT2D eigenvalue weighted by Gasteiger charge is 2.30. The molecule has 0 fully saturated rings. The minimum atomic E-state index is -4.98. The standard InChI is InChI=1S/C73H128O17P2/c1-5-9-13-17-21-25-29-32-33-36-39-42-46-50-54-58-71(76)84-63-68(89-72(77)59-55-51-47-43-37-28-24-20-16-12-8-4)65-87-91(79,80)85-61-67(74)62-86-92(81,82)88-66-69(90-73(78)60-56-52-48-44-40-35-31-27-23-19-15-11-7-3)64-83-70(75)57-53-49-45-41-38-34-30-26-22-18-14-10-6-2/h9,13,21,25-27,30-33,39,42,50,54,67-69,74H,5-8,10-12,14-20,22-24,28-29,34-38,40-41,43-49,51-53,55-66H2,1-4H3,(H,79,80)(H,81,82)/b13-9-,25-21-,30-26-,31-27-,33-32-,42-39-,54-50-. The van der Waals surface area contributed by atoms with E-state index in [2.05, 4.69) is 88.5 Å². The van der Waals surface area contributed by atoms with Crippen LogP contribution in [0.3, 0.4) is 0 Å². The van der Waals surface area contributed by atoms with Crippen molar-refractivity contribution in [1.29, 1.82) is 0 Å². The molecule has 0 amide bonds. The topological polar surface area (TPSA) is 237 Å². The molecule has 92 heavy (non-hydrogen) atoms. The van der Waals surface area contributed by atoms with E-state index in [4.69, 9.17) is 37.0 Å². The van der Waals surface area contributed by atoms with E-state index in [1.807, 2.05) is 18.2 Å². The number of phosphoric ester groups is 2. The third-order valence-electron chi connectivity index (χ3n) is 14.9. The van der Waals surface area contributed by atoms with E-state index in [1.165, 1.54) is 89.9 Å². The van der Waals surface area contributed by atoms with Crippen LogP contribution in [0.4, 0.5) is 0 Å². The summed E-state index contributed by atoms with van der Waals surface area (Å²) in [6.07, 6.45) is 64.8. The quantitative estimate of drug-likeness (QED) is 0.0169. The lowest BCUT2D eigenvalue weighted by molar-refractivity contribution is -0.161. The van der Waals surface area contributed by atoms with Crippen LogP contribution in [0.5, 0.6) is 0 Å². The molecule has 0 aliphatic carbocycles. The van der Waals surface area contributed by atoms with Crippen LogP contribution in [0.2, 0.25) is 0 Å². The number of esters is 4. The highest BCUT2D eigenvalue weighted by molar-refractivity contribution is 7.47. The van der Waals surface area contributed by atoms with Gasteiger partial charge < -0.3 is 33.8 Å². The predicted molar refractivity (Wildman–Crippen MR) is 372 cm³/mol. The van der Waals surface area contributed by atoms with E-state index in [-0.39, 0.29) is 25.7 Å². The van der Waals surface area contributed by atoms with E-state index >= 15 is 0 Å². The molecule has 0 aliphatic rings. The molecular weight excluding hydrogens is 1210 g/mol. The molecule has 0 radical (unpaired) electrons. The van der Waals surface area contributed by atoms with Gasteiger partial charge in [0.05, 0.1) is 32.8 Å². The van der Waals surface area contributed by atoms with Crippen molar-refractivity contribution >= 4 is 39.5 Å². The number of allylic oxidation sites excluding steroid dienone is 13. The summed E-state index contributed by atoms with van der Waals surface area (Å²) >= 11 is 0. The Kier molecular flexibility index (Phi) is 63.2. The van der Waals surface area contributed by atoms with Gasteiger partial charge in [0.25, 0.3) is 0 Å². The van der Waals surface area contributed by atoms with Crippen LogP contribution in [0, 0.1) is 0 Å². The molecule has 0 saturated carbocycles. The lowest BCUT2D eigenvalue weighted by Gasteiger charge is -2.21. The largest absolute Gasteiger partial charge is 0.472 e. The third kappa shape index (κ3) is 64.9. The lowest BCUT2D eigenvalue weighted by Crippen LogP contribution is -2.30. The first-order chi connectivity index (χ1) is 44.7. The van der Waals surface area contributed by atoms with Crippen molar-refractivity contribution in [3.8, 4) is 0 Å². The monoisotopic (exact) mass is 1340 g/mol. The molecule has 17 nitrogen and oxygen atoms in total. The molecule has 0 heterocycles. The van der Waals surface area contributed by atoms with Gasteiger partial charge in [0.15, 0.2) is 12.2 Å². The van der Waals surface area contributed by atoms with Crippen LogP contribution in [-0.4, -0.2) is 96.7 Å². The Balaban J connectivity index is 5.38. The van der Waals surface area contributed by atoms with Gasteiger partial charge in [0.1, 0.15) is 19.3 Å². The van der Waals surface area contributed by atoms with Gasteiger partial charge in [0, 0.05) is 19.3 Å². The first kappa shape index (κ1) is 88.2. The lowest BCUT2D eigenvalue weighted by atomic mass is 10.1. The van der Waals surface area contributed by atoms with E-state index in [0.717, 1.165) is 128 Å². The molecule has 0 aromatic rings. The molecule has 532 valence electrons. The fourth-order valence-corrected chi connectivity index (χ4v) is 11.0. The SMILES string of the molecule is CC/C=C\C/C=C\C/C=C\C/C=C\C/C=C\CC(=O)OCC(COP(=O)(O)OCC(O)COP(=O)(O)OCC(COC(=O)CCCCCCC/C=C\CCCCCC)OC(=O)CCCCCCC/C=C\CCCCCC)OC(=O)CCCCCCCCCCCCC. The number of hydrogen-bond donors (Lipinski definition) is 3. The Hall–Kier alpha value is -3.76. The van der Waals surface area contributed by atoms with Crippen molar-refractivity contribution in [3.63, 3.8) is 0 Å². The summed E-state index contributed by atoms with van der Waals surface area (Å²) in [5, 5.41) is 10.6. The molecule has 0 aliphatic heterocycles. The minimum Gasteiger partial charge on any atom is -0.462 e. The van der Waals surface area contributed by atoms with Crippen molar-refractivity contribution in [2.24, 2.45) is 0 Å². The summed E-state index contributed by atoms with van der Waals surface area (Å²) in [6.45, 7) is 4.59. The maximum atomic E-state index is 13.0. The summed E-state index contributed by atoms with van der Waals surface area (Å²) < 4.78 is 68.1. The average Bonchev–Trinajstić information content (AvgIpc) is 2.24. The van der Waals surface area contributed by atoms with Gasteiger partial charge in [-0.1, -0.05) is 254 Å². The van der Waals surface area contributed by atoms with Crippen molar-refractivity contribution < 1.29 is 80.2 Å². The second kappa shape index (κ2) is 65.9. The van der Waals surface area contributed by atoms with Crippen molar-refractivity contribution in [2.75, 3.05) is 39.6 Å². The normalized spacial score (nSPS) is 14.6. The van der Waals surface area contributed by atoms with E-state index in [0.29, 0.717) is 25.7 Å². The first-order valence-electron chi connectivity index (χ1n) is 35.8. The predicted octanol–water partition coefficient (Wildman–Crippen LogP) is 19.9. The maximum absolute atomic E-state index is 13.0. The molecular formula is C73H128O17P2. The number of unbranched alkanes of at least 4 members (excludes halogenated alkanes) is 28. The van der Waals surface area contributed by atoms with Crippen LogP contribution in [-0.2, 0) is 65.4 Å². The Morgan fingerprint density at radius 2 is 0.609 bits per heavy atom. The summed E-state index contributed by atoms with van der Waals surface area (Å²) in [5.74, 6) is -2.33. The number of phosphoric acid groups is 2. The van der Waals surface area contributed by atoms with Gasteiger partial charge in [0.2, 0.25) is 0 Å². The Morgan fingerprint density at radius 3 is 0.967 bits per heavy atom. The number of aliphatic hydroxyl groups is 1. The number of hydrogen-bond acceptors (Lipinski definition) is 15. The van der Waals surface area contributed by atoms with Gasteiger partial charge in [-0.3, -0.25) is 37.3 Å². The highest BCUT2D eigenvalue weighted by atomic mass is 31.2. The molecule has 0 rings (SSSR count). The molecule has 0 spiro atoms. The molecule has 0 bridgehead atoms. The second-order valence-corrected chi connectivity index (χ2v) is 26.7. The summed E-state index contributed by atoms with van der Waals surface area (Å²) in [7, 11) is -9.95. The second-order valence-electron chi connectivity index (χ2n) is 23.8. The number of carbonyl (C=O) groups excluding carboxylic acids is 4. The molecule has 0 aromatic heterocycles. The summed E-state index contributed by atoms with van der Waals surface area (Å²) in [6, 6.07) is 0. The van der Waals surface area contributed by atoms with E-state index < -0.39 is 97.5 Å². The zero-order valence-corrected chi connectivity index (χ0v) is 59.5. The average molecular weight is 1340 g/mol. The molecule has 0 aromatic carbocycles. The van der Waals surface area contributed by atoms with Crippen LogP contribution in [0.1, 0.15) is 297 Å². The molecule has 5 unspecified atom stereocenters. The fourth-order valence-electron chi connectivity index (χ4n) is 9.40. The number of aliphatic hydroxyl groups excluding tert-OH is 1. The number of rotatable bonds is 67. The van der Waals surface area contributed by atoms with Crippen LogP contribution < -0.4 is 0 Å². The molecule has 5 atom stereocenters. The highest BCUT2D eigenvalue weighted by Crippen LogP contribution is 2.45. The van der Waals surface area contributed by atoms with Gasteiger partial charge in [-0.15, -0.1) is 0 Å².